The van der Waals surface area contributed by atoms with Crippen LogP contribution >= 0.6 is 0 Å². The second kappa shape index (κ2) is 8.60. The molecule has 2 aromatic carbocycles. The minimum Gasteiger partial charge on any atom is -0.497 e. The van der Waals surface area contributed by atoms with Crippen LogP contribution in [0.25, 0.3) is 11.3 Å². The Morgan fingerprint density at radius 2 is 1.76 bits per heavy atom. The lowest BCUT2D eigenvalue weighted by Crippen LogP contribution is -2.50. The summed E-state index contributed by atoms with van der Waals surface area (Å²) in [6.45, 7) is 2.69. The van der Waals surface area contributed by atoms with Gasteiger partial charge in [0.15, 0.2) is 0 Å². The fraction of sp³-hybridized carbons (Fsp3) is 0.227. The molecule has 1 saturated heterocycles. The molecule has 1 aromatic heterocycles. The van der Waals surface area contributed by atoms with Gasteiger partial charge in [-0.2, -0.15) is 0 Å². The zero-order valence-electron chi connectivity index (χ0n) is 16.3. The number of anilines is 2. The van der Waals surface area contributed by atoms with Gasteiger partial charge in [0, 0.05) is 49.6 Å². The van der Waals surface area contributed by atoms with Crippen molar-refractivity contribution in [1.29, 1.82) is 0 Å². The second-order valence-electron chi connectivity index (χ2n) is 6.76. The quantitative estimate of drug-likeness (QED) is 0.739. The van der Waals surface area contributed by atoms with Crippen molar-refractivity contribution >= 4 is 17.5 Å². The monoisotopic (exact) mass is 389 g/mol. The summed E-state index contributed by atoms with van der Waals surface area (Å²) < 4.78 is 5.20. The molecule has 2 heterocycles. The van der Waals surface area contributed by atoms with Gasteiger partial charge in [-0.25, -0.2) is 14.8 Å². The van der Waals surface area contributed by atoms with Gasteiger partial charge < -0.3 is 19.9 Å². The van der Waals surface area contributed by atoms with Crippen molar-refractivity contribution < 1.29 is 9.53 Å². The van der Waals surface area contributed by atoms with Crippen LogP contribution in [0.2, 0.25) is 0 Å². The van der Waals surface area contributed by atoms with Crippen LogP contribution in [0.3, 0.4) is 0 Å². The lowest BCUT2D eigenvalue weighted by Gasteiger charge is -2.35. The summed E-state index contributed by atoms with van der Waals surface area (Å²) in [6, 6.07) is 19.3. The van der Waals surface area contributed by atoms with Crippen molar-refractivity contribution in [3.63, 3.8) is 0 Å². The number of piperazine rings is 1. The van der Waals surface area contributed by atoms with E-state index in [0.717, 1.165) is 35.9 Å². The summed E-state index contributed by atoms with van der Waals surface area (Å²) in [6.07, 6.45) is 1.60. The van der Waals surface area contributed by atoms with E-state index in [2.05, 4.69) is 20.2 Å². The number of methoxy groups -OCH3 is 1. The van der Waals surface area contributed by atoms with E-state index in [9.17, 15) is 4.79 Å². The fourth-order valence-corrected chi connectivity index (χ4v) is 3.33. The van der Waals surface area contributed by atoms with Gasteiger partial charge in [0.2, 0.25) is 0 Å². The zero-order chi connectivity index (χ0) is 20.1. The third-order valence-electron chi connectivity index (χ3n) is 4.93. The van der Waals surface area contributed by atoms with Gasteiger partial charge in [0.25, 0.3) is 0 Å². The van der Waals surface area contributed by atoms with Crippen LogP contribution in [0.4, 0.5) is 16.3 Å². The molecule has 0 unspecified atom stereocenters. The van der Waals surface area contributed by atoms with Crippen molar-refractivity contribution in [2.24, 2.45) is 0 Å². The number of urea groups is 1. The Bertz CT molecular complexity index is 972. The number of ether oxygens (including phenoxy) is 1. The molecular formula is C22H23N5O2. The van der Waals surface area contributed by atoms with Gasteiger partial charge in [-0.3, -0.25) is 0 Å². The SMILES string of the molecule is COc1cccc(NC(=O)N2CCN(c3cc(-c4ccccc4)ncn3)CC2)c1. The van der Waals surface area contributed by atoms with E-state index in [-0.39, 0.29) is 6.03 Å². The largest absolute Gasteiger partial charge is 0.497 e. The fourth-order valence-electron chi connectivity index (χ4n) is 3.33. The molecule has 7 nitrogen and oxygen atoms in total. The number of benzene rings is 2. The molecular weight excluding hydrogens is 366 g/mol. The molecule has 148 valence electrons. The Morgan fingerprint density at radius 3 is 2.52 bits per heavy atom. The van der Waals surface area contributed by atoms with E-state index in [1.807, 2.05) is 59.5 Å². The summed E-state index contributed by atoms with van der Waals surface area (Å²) in [5.74, 6) is 1.59. The minimum absolute atomic E-state index is 0.106. The number of hydrogen-bond acceptors (Lipinski definition) is 5. The standard InChI is InChI=1S/C22H23N5O2/c1-29-19-9-5-8-18(14-19)25-22(28)27-12-10-26(11-13-27)21-15-20(23-16-24-21)17-6-3-2-4-7-17/h2-9,14-16H,10-13H2,1H3,(H,25,28). The number of amides is 2. The molecule has 1 aliphatic heterocycles. The maximum atomic E-state index is 12.6. The molecule has 4 rings (SSSR count). The molecule has 0 aliphatic carbocycles. The first-order chi connectivity index (χ1) is 14.2. The summed E-state index contributed by atoms with van der Waals surface area (Å²) in [5.41, 5.74) is 2.68. The van der Waals surface area contributed by atoms with Gasteiger partial charge in [-0.1, -0.05) is 36.4 Å². The number of aromatic nitrogens is 2. The Kier molecular flexibility index (Phi) is 5.56. The number of nitrogens with one attached hydrogen (secondary N) is 1. The van der Waals surface area contributed by atoms with Gasteiger partial charge in [0.05, 0.1) is 12.8 Å². The van der Waals surface area contributed by atoms with Crippen LogP contribution in [-0.2, 0) is 0 Å². The summed E-state index contributed by atoms with van der Waals surface area (Å²) in [4.78, 5) is 25.4. The average Bonchev–Trinajstić information content (AvgIpc) is 2.80. The van der Waals surface area contributed by atoms with Crippen molar-refractivity contribution in [3.8, 4) is 17.0 Å². The van der Waals surface area contributed by atoms with Crippen LogP contribution in [-0.4, -0.2) is 54.2 Å². The van der Waals surface area contributed by atoms with Crippen LogP contribution in [0.15, 0.2) is 67.0 Å². The molecule has 3 aromatic rings. The highest BCUT2D eigenvalue weighted by Gasteiger charge is 2.22. The lowest BCUT2D eigenvalue weighted by atomic mass is 10.1. The second-order valence-corrected chi connectivity index (χ2v) is 6.76. The van der Waals surface area contributed by atoms with Crippen LogP contribution < -0.4 is 15.0 Å². The number of carbonyl (C=O) groups is 1. The first kappa shape index (κ1) is 18.7. The van der Waals surface area contributed by atoms with Crippen molar-refractivity contribution in [3.05, 3.63) is 67.0 Å². The highest BCUT2D eigenvalue weighted by molar-refractivity contribution is 5.89. The molecule has 1 aliphatic rings. The van der Waals surface area contributed by atoms with E-state index < -0.39 is 0 Å². The third-order valence-corrected chi connectivity index (χ3v) is 4.93. The molecule has 0 saturated carbocycles. The van der Waals surface area contributed by atoms with Crippen molar-refractivity contribution in [2.75, 3.05) is 43.5 Å². The molecule has 0 spiro atoms. The third kappa shape index (κ3) is 4.45. The van der Waals surface area contributed by atoms with Crippen molar-refractivity contribution in [2.45, 2.75) is 0 Å². The van der Waals surface area contributed by atoms with Crippen molar-refractivity contribution in [1.82, 2.24) is 14.9 Å². The topological polar surface area (TPSA) is 70.6 Å². The maximum Gasteiger partial charge on any atom is 0.321 e. The molecule has 0 atom stereocenters. The normalized spacial score (nSPS) is 13.8. The molecule has 1 fully saturated rings. The first-order valence-electron chi connectivity index (χ1n) is 9.55. The van der Waals surface area contributed by atoms with E-state index in [4.69, 9.17) is 4.74 Å². The predicted octanol–water partition coefficient (Wildman–Crippen LogP) is 3.51. The molecule has 29 heavy (non-hydrogen) atoms. The molecule has 2 amide bonds. The minimum atomic E-state index is -0.106. The summed E-state index contributed by atoms with van der Waals surface area (Å²) in [5, 5.41) is 2.93. The van der Waals surface area contributed by atoms with Gasteiger partial charge in [-0.15, -0.1) is 0 Å². The van der Waals surface area contributed by atoms with Gasteiger partial charge in [-0.05, 0) is 12.1 Å². The molecule has 7 heteroatoms. The molecule has 0 radical (unpaired) electrons. The Labute approximate surface area is 170 Å². The Hall–Kier alpha value is -3.61. The molecule has 0 bridgehead atoms. The summed E-state index contributed by atoms with van der Waals surface area (Å²) in [7, 11) is 1.61. The molecule has 1 N–H and O–H groups in total. The predicted molar refractivity (Wildman–Crippen MR) is 113 cm³/mol. The summed E-state index contributed by atoms with van der Waals surface area (Å²) >= 11 is 0. The van der Waals surface area contributed by atoms with Gasteiger partial charge >= 0.3 is 6.03 Å². The number of nitrogens with zero attached hydrogens (tertiary/aromatic N) is 4. The van der Waals surface area contributed by atoms with Gasteiger partial charge in [0.1, 0.15) is 17.9 Å². The van der Waals surface area contributed by atoms with Crippen LogP contribution in [0.1, 0.15) is 0 Å². The number of carbonyl (C=O) groups excluding carboxylic acids is 1. The number of hydrogen-bond donors (Lipinski definition) is 1. The van der Waals surface area contributed by atoms with Crippen LogP contribution in [0.5, 0.6) is 5.75 Å². The van der Waals surface area contributed by atoms with E-state index in [0.29, 0.717) is 18.8 Å². The first-order valence-corrected chi connectivity index (χ1v) is 9.55. The highest BCUT2D eigenvalue weighted by Crippen LogP contribution is 2.22. The maximum absolute atomic E-state index is 12.6. The van der Waals surface area contributed by atoms with Crippen LogP contribution in [0, 0.1) is 0 Å². The lowest BCUT2D eigenvalue weighted by molar-refractivity contribution is 0.208. The zero-order valence-corrected chi connectivity index (χ0v) is 16.3. The Balaban J connectivity index is 1.37. The van der Waals surface area contributed by atoms with E-state index in [1.54, 1.807) is 19.5 Å². The smallest absolute Gasteiger partial charge is 0.321 e. The highest BCUT2D eigenvalue weighted by atomic mass is 16.5. The Morgan fingerprint density at radius 1 is 0.966 bits per heavy atom. The van der Waals surface area contributed by atoms with E-state index in [1.165, 1.54) is 0 Å². The average molecular weight is 389 g/mol. The number of rotatable bonds is 4. The van der Waals surface area contributed by atoms with E-state index >= 15 is 0 Å².